The maximum atomic E-state index is 14.2. The van der Waals surface area contributed by atoms with Crippen molar-refractivity contribution < 1.29 is 4.39 Å². The molecule has 0 saturated carbocycles. The molecule has 0 radical (unpaired) electrons. The van der Waals surface area contributed by atoms with Crippen molar-refractivity contribution in [1.29, 1.82) is 0 Å². The predicted molar refractivity (Wildman–Crippen MR) is 122 cm³/mol. The highest BCUT2D eigenvalue weighted by Gasteiger charge is 2.23. The molecule has 1 saturated heterocycles. The predicted octanol–water partition coefficient (Wildman–Crippen LogP) is 4.31. The van der Waals surface area contributed by atoms with Gasteiger partial charge in [-0.15, -0.1) is 0 Å². The van der Waals surface area contributed by atoms with Crippen LogP contribution in [0.4, 0.5) is 10.3 Å². The lowest BCUT2D eigenvalue weighted by atomic mass is 10.0. The van der Waals surface area contributed by atoms with Gasteiger partial charge < -0.3 is 20.5 Å². The fraction of sp³-hybridized carbons (Fsp3) is 0.435. The molecule has 1 atom stereocenters. The number of nitrogens with one attached hydrogen (secondary N) is 1. The Bertz CT molecular complexity index is 1050. The lowest BCUT2D eigenvalue weighted by Gasteiger charge is -2.29. The van der Waals surface area contributed by atoms with Crippen LogP contribution in [0.15, 0.2) is 24.3 Å². The van der Waals surface area contributed by atoms with Gasteiger partial charge in [0.15, 0.2) is 0 Å². The summed E-state index contributed by atoms with van der Waals surface area (Å²) in [6.07, 6.45) is 0.807. The number of nitrogens with zero attached hydrogens (tertiary/aromatic N) is 3. The third kappa shape index (κ3) is 3.92. The molecule has 3 aromatic rings. The molecule has 2 aromatic carbocycles. The molecule has 0 bridgehead atoms. The van der Waals surface area contributed by atoms with Crippen molar-refractivity contribution in [2.45, 2.75) is 39.8 Å². The van der Waals surface area contributed by atoms with E-state index >= 15 is 0 Å². The fourth-order valence-electron chi connectivity index (χ4n) is 4.28. The molecule has 2 heterocycles. The number of aryl methyl sites for hydroxylation is 2. The highest BCUT2D eigenvalue weighted by atomic mass is 35.5. The van der Waals surface area contributed by atoms with Crippen molar-refractivity contribution in [2.24, 2.45) is 5.73 Å². The van der Waals surface area contributed by atoms with Crippen LogP contribution in [0.25, 0.3) is 11.0 Å². The molecule has 0 amide bonds. The number of benzene rings is 2. The van der Waals surface area contributed by atoms with Gasteiger partial charge in [-0.05, 0) is 54.7 Å². The van der Waals surface area contributed by atoms with Crippen molar-refractivity contribution in [3.05, 3.63) is 57.4 Å². The number of anilines is 1. The number of fused-ring (bicyclic) bond motifs is 1. The van der Waals surface area contributed by atoms with Crippen molar-refractivity contribution >= 4 is 28.6 Å². The second-order valence-electron chi connectivity index (χ2n) is 8.16. The number of hydrogen-bond donors (Lipinski definition) is 2. The maximum absolute atomic E-state index is 14.2. The summed E-state index contributed by atoms with van der Waals surface area (Å²) < 4.78 is 16.4. The van der Waals surface area contributed by atoms with Crippen LogP contribution in [0.3, 0.4) is 0 Å². The zero-order valence-electron chi connectivity index (χ0n) is 17.8. The van der Waals surface area contributed by atoms with Crippen LogP contribution in [0.5, 0.6) is 0 Å². The van der Waals surface area contributed by atoms with E-state index in [-0.39, 0.29) is 11.9 Å². The summed E-state index contributed by atoms with van der Waals surface area (Å²) >= 11 is 6.50. The van der Waals surface area contributed by atoms with Gasteiger partial charge in [0.05, 0.1) is 17.6 Å². The van der Waals surface area contributed by atoms with Crippen molar-refractivity contribution in [1.82, 2.24) is 14.9 Å². The van der Waals surface area contributed by atoms with Crippen LogP contribution in [0, 0.1) is 19.7 Å². The van der Waals surface area contributed by atoms with E-state index in [1.165, 1.54) is 0 Å². The highest BCUT2D eigenvalue weighted by Crippen LogP contribution is 2.33. The van der Waals surface area contributed by atoms with Gasteiger partial charge in [-0.1, -0.05) is 30.7 Å². The van der Waals surface area contributed by atoms with Crippen LogP contribution in [0.1, 0.15) is 41.6 Å². The lowest BCUT2D eigenvalue weighted by molar-refractivity contribution is 0.571. The largest absolute Gasteiger partial charge is 0.340 e. The molecule has 7 heteroatoms. The minimum absolute atomic E-state index is 0.124. The van der Waals surface area contributed by atoms with Crippen molar-refractivity contribution in [3.8, 4) is 0 Å². The van der Waals surface area contributed by atoms with Crippen molar-refractivity contribution in [2.75, 3.05) is 31.1 Å². The Morgan fingerprint density at radius 2 is 1.83 bits per heavy atom. The molecule has 0 aliphatic carbocycles. The smallest absolute Gasteiger partial charge is 0.206 e. The molecule has 5 nitrogen and oxygen atoms in total. The molecule has 1 aromatic heterocycles. The first-order chi connectivity index (χ1) is 14.4. The minimum atomic E-state index is -0.143. The van der Waals surface area contributed by atoms with E-state index in [0.29, 0.717) is 22.7 Å². The van der Waals surface area contributed by atoms with Gasteiger partial charge in [0.25, 0.3) is 0 Å². The third-order valence-electron chi connectivity index (χ3n) is 5.90. The average Bonchev–Trinajstić information content (AvgIpc) is 3.09. The Labute approximate surface area is 182 Å². The Morgan fingerprint density at radius 3 is 2.47 bits per heavy atom. The maximum Gasteiger partial charge on any atom is 0.206 e. The van der Waals surface area contributed by atoms with E-state index in [4.69, 9.17) is 22.3 Å². The number of halogens is 2. The lowest BCUT2D eigenvalue weighted by Crippen LogP contribution is -2.44. The molecule has 4 rings (SSSR count). The van der Waals surface area contributed by atoms with Gasteiger partial charge in [-0.2, -0.15) is 0 Å². The number of nitrogens with two attached hydrogens (primary N) is 1. The first-order valence-corrected chi connectivity index (χ1v) is 10.9. The Balaban J connectivity index is 1.90. The van der Waals surface area contributed by atoms with E-state index in [9.17, 15) is 4.39 Å². The normalized spacial score (nSPS) is 15.7. The second kappa shape index (κ2) is 8.53. The van der Waals surface area contributed by atoms with Crippen LogP contribution in [-0.4, -0.2) is 35.7 Å². The number of piperazine rings is 1. The molecule has 30 heavy (non-hydrogen) atoms. The summed E-state index contributed by atoms with van der Waals surface area (Å²) in [4.78, 5) is 7.35. The van der Waals surface area contributed by atoms with Gasteiger partial charge >= 0.3 is 0 Å². The first-order valence-electron chi connectivity index (χ1n) is 10.6. The van der Waals surface area contributed by atoms with E-state index in [1.807, 2.05) is 38.1 Å². The first kappa shape index (κ1) is 21.1. The molecule has 160 valence electrons. The van der Waals surface area contributed by atoms with Crippen LogP contribution < -0.4 is 16.0 Å². The van der Waals surface area contributed by atoms with Crippen LogP contribution >= 0.6 is 11.6 Å². The van der Waals surface area contributed by atoms with Crippen LogP contribution in [-0.2, 0) is 6.54 Å². The fourth-order valence-corrected chi connectivity index (χ4v) is 4.50. The highest BCUT2D eigenvalue weighted by molar-refractivity contribution is 6.31. The summed E-state index contributed by atoms with van der Waals surface area (Å²) in [5.41, 5.74) is 11.6. The van der Waals surface area contributed by atoms with Gasteiger partial charge in [-0.25, -0.2) is 9.37 Å². The quantitative estimate of drug-likeness (QED) is 0.634. The molecule has 1 aliphatic heterocycles. The Morgan fingerprint density at radius 1 is 1.17 bits per heavy atom. The molecule has 0 unspecified atom stereocenters. The van der Waals surface area contributed by atoms with E-state index in [2.05, 4.69) is 21.7 Å². The summed E-state index contributed by atoms with van der Waals surface area (Å²) in [6.45, 7) is 9.88. The number of aromatic nitrogens is 2. The van der Waals surface area contributed by atoms with E-state index in [1.54, 1.807) is 0 Å². The van der Waals surface area contributed by atoms with Gasteiger partial charge in [0.2, 0.25) is 5.95 Å². The molecular formula is C23H29ClFN5. The van der Waals surface area contributed by atoms with Gasteiger partial charge in [0, 0.05) is 37.2 Å². The molecule has 3 N–H and O–H groups in total. The number of hydrogen-bond acceptors (Lipinski definition) is 4. The van der Waals surface area contributed by atoms with E-state index < -0.39 is 0 Å². The summed E-state index contributed by atoms with van der Waals surface area (Å²) in [6, 6.07) is 7.60. The zero-order valence-corrected chi connectivity index (χ0v) is 18.6. The second-order valence-corrected chi connectivity index (χ2v) is 8.59. The molecular weight excluding hydrogens is 401 g/mol. The molecule has 0 spiro atoms. The Hall–Kier alpha value is -2.15. The van der Waals surface area contributed by atoms with E-state index in [0.717, 1.165) is 60.7 Å². The minimum Gasteiger partial charge on any atom is -0.340 e. The Kier molecular flexibility index (Phi) is 6.00. The summed E-state index contributed by atoms with van der Waals surface area (Å²) in [5.74, 6) is 0.772. The monoisotopic (exact) mass is 429 g/mol. The average molecular weight is 430 g/mol. The molecule has 1 fully saturated rings. The number of imidazole rings is 1. The molecule has 1 aliphatic rings. The number of rotatable bonds is 5. The van der Waals surface area contributed by atoms with Gasteiger partial charge in [0.1, 0.15) is 5.82 Å². The standard InChI is InChI=1S/C23H29ClFN5/c1-4-19(26)18-11-17(24)12-20-22(18)28-23(29-7-5-27-6-8-29)30(20)13-16-9-14(2)21(25)15(3)10-16/h9-12,19,27H,4-8,13,26H2,1-3H3/t19-/m0/s1. The summed E-state index contributed by atoms with van der Waals surface area (Å²) in [7, 11) is 0. The van der Waals surface area contributed by atoms with Crippen LogP contribution in [0.2, 0.25) is 5.02 Å². The third-order valence-corrected chi connectivity index (χ3v) is 6.12. The topological polar surface area (TPSA) is 59.1 Å². The van der Waals surface area contributed by atoms with Crippen molar-refractivity contribution in [3.63, 3.8) is 0 Å². The summed E-state index contributed by atoms with van der Waals surface area (Å²) in [5, 5.41) is 4.05. The zero-order chi connectivity index (χ0) is 21.4. The van der Waals surface area contributed by atoms with Gasteiger partial charge in [-0.3, -0.25) is 0 Å². The SMILES string of the molecule is CC[C@H](N)c1cc(Cl)cc2c1nc(N1CCNCC1)n2Cc1cc(C)c(F)c(C)c1.